The van der Waals surface area contributed by atoms with Crippen LogP contribution in [0.3, 0.4) is 0 Å². The van der Waals surface area contributed by atoms with Gasteiger partial charge in [-0.2, -0.15) is 0 Å². The van der Waals surface area contributed by atoms with Crippen LogP contribution in [0.5, 0.6) is 11.5 Å². The van der Waals surface area contributed by atoms with Gasteiger partial charge in [0.05, 0.1) is 19.0 Å². The highest BCUT2D eigenvalue weighted by molar-refractivity contribution is 14.0. The molecule has 0 heterocycles. The Morgan fingerprint density at radius 2 is 1.77 bits per heavy atom. The van der Waals surface area contributed by atoms with Gasteiger partial charge < -0.3 is 20.1 Å². The van der Waals surface area contributed by atoms with Crippen molar-refractivity contribution in [2.45, 2.75) is 39.5 Å². The number of aliphatic imine (C=N–C) groups is 1. The molecule has 1 saturated carbocycles. The minimum absolute atomic E-state index is 0. The lowest BCUT2D eigenvalue weighted by atomic mass is 9.86. The number of rotatable bonds is 13. The van der Waals surface area contributed by atoms with Crippen LogP contribution in [-0.2, 0) is 16.4 Å². The van der Waals surface area contributed by atoms with Crippen LogP contribution in [0.1, 0.15) is 38.7 Å². The van der Waals surface area contributed by atoms with E-state index >= 15 is 0 Å². The van der Waals surface area contributed by atoms with Gasteiger partial charge in [0.1, 0.15) is 0 Å². The number of sulfonamides is 1. The lowest BCUT2D eigenvalue weighted by molar-refractivity contribution is 0.287. The van der Waals surface area contributed by atoms with Crippen molar-refractivity contribution in [2.75, 3.05) is 45.6 Å². The van der Waals surface area contributed by atoms with E-state index in [0.29, 0.717) is 44.7 Å². The Bertz CT molecular complexity index is 786. The first-order valence-corrected chi connectivity index (χ1v) is 12.4. The molecule has 1 aromatic rings. The summed E-state index contributed by atoms with van der Waals surface area (Å²) in [6, 6.07) is 5.94. The summed E-state index contributed by atoms with van der Waals surface area (Å²) in [7, 11) is -1.59. The normalized spacial score (nSPS) is 14.4. The second-order valence-corrected chi connectivity index (χ2v) is 9.21. The predicted octanol–water partition coefficient (Wildman–Crippen LogP) is 2.53. The third-order valence-corrected chi connectivity index (χ3v) is 6.37. The van der Waals surface area contributed by atoms with Gasteiger partial charge in [0.15, 0.2) is 17.5 Å². The average molecular weight is 569 g/mol. The Balaban J connectivity index is 0.00000480. The quantitative estimate of drug-likeness (QED) is 0.192. The van der Waals surface area contributed by atoms with E-state index in [0.717, 1.165) is 36.3 Å². The molecule has 0 aromatic heterocycles. The van der Waals surface area contributed by atoms with E-state index in [1.807, 2.05) is 32.0 Å². The fourth-order valence-corrected chi connectivity index (χ4v) is 4.12. The molecule has 1 fully saturated rings. The van der Waals surface area contributed by atoms with Crippen LogP contribution in [0.25, 0.3) is 0 Å². The van der Waals surface area contributed by atoms with E-state index in [4.69, 9.17) is 9.47 Å². The maximum atomic E-state index is 12.1. The molecule has 8 nitrogen and oxygen atoms in total. The van der Waals surface area contributed by atoms with Crippen molar-refractivity contribution in [3.63, 3.8) is 0 Å². The summed E-state index contributed by atoms with van der Waals surface area (Å²) < 4.78 is 38.1. The zero-order valence-electron chi connectivity index (χ0n) is 18.8. The van der Waals surface area contributed by atoms with Gasteiger partial charge in [0, 0.05) is 26.7 Å². The third kappa shape index (κ3) is 10.3. The fraction of sp³-hybridized carbons (Fsp3) is 0.667. The minimum atomic E-state index is -3.26. The van der Waals surface area contributed by atoms with Gasteiger partial charge in [-0.1, -0.05) is 12.5 Å². The average Bonchev–Trinajstić information content (AvgIpc) is 2.67. The van der Waals surface area contributed by atoms with E-state index in [-0.39, 0.29) is 29.7 Å². The van der Waals surface area contributed by atoms with E-state index in [2.05, 4.69) is 20.3 Å². The maximum Gasteiger partial charge on any atom is 0.213 e. The summed E-state index contributed by atoms with van der Waals surface area (Å²) in [5.41, 5.74) is 1.12. The van der Waals surface area contributed by atoms with Gasteiger partial charge in [-0.15, -0.1) is 24.0 Å². The van der Waals surface area contributed by atoms with Crippen molar-refractivity contribution in [1.82, 2.24) is 15.4 Å². The zero-order valence-corrected chi connectivity index (χ0v) is 21.9. The number of nitrogens with zero attached hydrogens (tertiary/aromatic N) is 1. The molecule has 0 spiro atoms. The first kappa shape index (κ1) is 27.8. The number of nitrogens with one attached hydrogen (secondary N) is 3. The maximum absolute atomic E-state index is 12.1. The van der Waals surface area contributed by atoms with Crippen molar-refractivity contribution in [2.24, 2.45) is 10.9 Å². The highest BCUT2D eigenvalue weighted by atomic mass is 127. The lowest BCUT2D eigenvalue weighted by Gasteiger charge is -2.25. The van der Waals surface area contributed by atoms with E-state index < -0.39 is 10.0 Å². The number of hydrogen-bond donors (Lipinski definition) is 3. The minimum Gasteiger partial charge on any atom is -0.490 e. The number of ether oxygens (including phenoxy) is 2. The molecule has 0 amide bonds. The molecule has 3 N–H and O–H groups in total. The SMILES string of the molecule is CCOc1ccc(CCNC(=NC)NCCS(=O)(=O)NCC2CCC2)cc1OCC.I. The Morgan fingerprint density at radius 3 is 2.39 bits per heavy atom. The smallest absolute Gasteiger partial charge is 0.213 e. The van der Waals surface area contributed by atoms with Crippen LogP contribution in [0, 0.1) is 5.92 Å². The molecule has 1 aliphatic rings. The van der Waals surface area contributed by atoms with Crippen molar-refractivity contribution >= 4 is 40.0 Å². The molecule has 1 aromatic carbocycles. The molecule has 0 aliphatic heterocycles. The lowest BCUT2D eigenvalue weighted by Crippen LogP contribution is -2.42. The second-order valence-electron chi connectivity index (χ2n) is 7.29. The fourth-order valence-electron chi connectivity index (χ4n) is 3.11. The van der Waals surface area contributed by atoms with Crippen LogP contribution < -0.4 is 24.8 Å². The van der Waals surface area contributed by atoms with E-state index in [1.165, 1.54) is 6.42 Å². The predicted molar refractivity (Wildman–Crippen MR) is 136 cm³/mol. The standard InChI is InChI=1S/C21H36N4O4S.HI/c1-4-28-19-10-9-17(15-20(19)29-5-2)11-12-23-21(22-3)24-13-14-30(26,27)25-16-18-7-6-8-18;/h9-10,15,18,25H,4-8,11-14,16H2,1-3H3,(H2,22,23,24);1H. The molecule has 0 unspecified atom stereocenters. The Hall–Kier alpha value is -1.27. The zero-order chi connectivity index (χ0) is 21.8. The summed E-state index contributed by atoms with van der Waals surface area (Å²) in [5, 5.41) is 6.28. The highest BCUT2D eigenvalue weighted by Gasteiger charge is 2.20. The second kappa shape index (κ2) is 14.7. The largest absolute Gasteiger partial charge is 0.490 e. The Morgan fingerprint density at radius 1 is 1.10 bits per heavy atom. The highest BCUT2D eigenvalue weighted by Crippen LogP contribution is 2.28. The van der Waals surface area contributed by atoms with Crippen LogP contribution in [0.2, 0.25) is 0 Å². The van der Waals surface area contributed by atoms with Crippen LogP contribution in [0.4, 0.5) is 0 Å². The molecule has 0 atom stereocenters. The number of benzene rings is 1. The first-order valence-electron chi connectivity index (χ1n) is 10.8. The third-order valence-electron chi connectivity index (χ3n) is 5.02. The molecule has 178 valence electrons. The van der Waals surface area contributed by atoms with Crippen molar-refractivity contribution in [3.8, 4) is 11.5 Å². The van der Waals surface area contributed by atoms with E-state index in [1.54, 1.807) is 7.05 Å². The van der Waals surface area contributed by atoms with Crippen molar-refractivity contribution in [1.29, 1.82) is 0 Å². The topological polar surface area (TPSA) is 101 Å². The van der Waals surface area contributed by atoms with Gasteiger partial charge in [0.2, 0.25) is 10.0 Å². The molecule has 0 bridgehead atoms. The van der Waals surface area contributed by atoms with Crippen molar-refractivity contribution < 1.29 is 17.9 Å². The molecular weight excluding hydrogens is 531 g/mol. The summed E-state index contributed by atoms with van der Waals surface area (Å²) in [5.74, 6) is 2.62. The summed E-state index contributed by atoms with van der Waals surface area (Å²) in [6.07, 6.45) is 4.23. The molecular formula is C21H37IN4O4S. The summed E-state index contributed by atoms with van der Waals surface area (Å²) in [6.45, 7) is 6.58. The molecule has 10 heteroatoms. The molecule has 0 radical (unpaired) electrons. The van der Waals surface area contributed by atoms with Gasteiger partial charge >= 0.3 is 0 Å². The Kier molecular flexibility index (Phi) is 13.2. The summed E-state index contributed by atoms with van der Waals surface area (Å²) in [4.78, 5) is 4.16. The van der Waals surface area contributed by atoms with Crippen LogP contribution in [0.15, 0.2) is 23.2 Å². The number of hydrogen-bond acceptors (Lipinski definition) is 5. The van der Waals surface area contributed by atoms with E-state index in [9.17, 15) is 8.42 Å². The van der Waals surface area contributed by atoms with Gasteiger partial charge in [-0.3, -0.25) is 4.99 Å². The molecule has 2 rings (SSSR count). The van der Waals surface area contributed by atoms with Gasteiger partial charge in [0.25, 0.3) is 0 Å². The summed E-state index contributed by atoms with van der Waals surface area (Å²) >= 11 is 0. The molecule has 31 heavy (non-hydrogen) atoms. The monoisotopic (exact) mass is 568 g/mol. The van der Waals surface area contributed by atoms with Gasteiger partial charge in [-0.25, -0.2) is 13.1 Å². The Labute approximate surface area is 204 Å². The molecule has 0 saturated heterocycles. The van der Waals surface area contributed by atoms with Crippen LogP contribution in [-0.4, -0.2) is 60.0 Å². The number of halogens is 1. The number of guanidine groups is 1. The van der Waals surface area contributed by atoms with Crippen LogP contribution >= 0.6 is 24.0 Å². The first-order chi connectivity index (χ1) is 14.5. The van der Waals surface area contributed by atoms with Crippen molar-refractivity contribution in [3.05, 3.63) is 23.8 Å². The van der Waals surface area contributed by atoms with Gasteiger partial charge in [-0.05, 0) is 56.7 Å². The molecule has 1 aliphatic carbocycles.